The number of aromatic nitrogens is 4. The number of aryl methyl sites for hydroxylation is 3. The number of hydrogen-bond donors (Lipinski definition) is 0. The van der Waals surface area contributed by atoms with Gasteiger partial charge in [0.2, 0.25) is 5.91 Å². The molecule has 7 nitrogen and oxygen atoms in total. The van der Waals surface area contributed by atoms with Crippen molar-refractivity contribution in [3.8, 4) is 0 Å². The quantitative estimate of drug-likeness (QED) is 0.721. The van der Waals surface area contributed by atoms with Crippen LogP contribution in [0.5, 0.6) is 0 Å². The third-order valence-corrected chi connectivity index (χ3v) is 4.89. The Kier molecular flexibility index (Phi) is 4.24. The highest BCUT2D eigenvalue weighted by Gasteiger charge is 2.28. The van der Waals surface area contributed by atoms with Crippen LogP contribution in [0.3, 0.4) is 0 Å². The van der Waals surface area contributed by atoms with Gasteiger partial charge in [0, 0.05) is 26.0 Å². The van der Waals surface area contributed by atoms with Crippen LogP contribution in [0.1, 0.15) is 29.0 Å². The highest BCUT2D eigenvalue weighted by atomic mass is 16.5. The van der Waals surface area contributed by atoms with Crippen molar-refractivity contribution in [2.75, 3.05) is 19.7 Å². The molecule has 0 unspecified atom stereocenters. The molecule has 3 aromatic rings. The molecular formula is C19H23N5O2. The molecule has 0 saturated carbocycles. The van der Waals surface area contributed by atoms with Crippen molar-refractivity contribution in [1.82, 2.24) is 23.8 Å². The minimum atomic E-state index is -0.185. The lowest BCUT2D eigenvalue weighted by Crippen LogP contribution is -2.43. The molecule has 1 atom stereocenters. The molecular weight excluding hydrogens is 330 g/mol. The molecule has 136 valence electrons. The maximum absolute atomic E-state index is 12.9. The highest BCUT2D eigenvalue weighted by molar-refractivity contribution is 5.79. The van der Waals surface area contributed by atoms with E-state index in [1.807, 2.05) is 65.4 Å². The van der Waals surface area contributed by atoms with Gasteiger partial charge in [-0.25, -0.2) is 9.97 Å². The van der Waals surface area contributed by atoms with E-state index in [9.17, 15) is 4.79 Å². The summed E-state index contributed by atoms with van der Waals surface area (Å²) >= 11 is 0. The number of ether oxygens (including phenoxy) is 1. The van der Waals surface area contributed by atoms with Gasteiger partial charge in [-0.1, -0.05) is 6.07 Å². The van der Waals surface area contributed by atoms with Crippen molar-refractivity contribution in [1.29, 1.82) is 0 Å². The molecule has 26 heavy (non-hydrogen) atoms. The number of imidazole rings is 2. The molecule has 1 aliphatic rings. The van der Waals surface area contributed by atoms with E-state index in [0.29, 0.717) is 26.1 Å². The van der Waals surface area contributed by atoms with Crippen molar-refractivity contribution >= 4 is 11.6 Å². The van der Waals surface area contributed by atoms with Crippen LogP contribution in [0.25, 0.3) is 5.65 Å². The number of amides is 1. The summed E-state index contributed by atoms with van der Waals surface area (Å²) in [6.07, 6.45) is 4.08. The Labute approximate surface area is 152 Å². The van der Waals surface area contributed by atoms with Gasteiger partial charge in [0.05, 0.1) is 36.7 Å². The lowest BCUT2D eigenvalue weighted by molar-refractivity contribution is -0.138. The number of hydrogen-bond acceptors (Lipinski definition) is 4. The van der Waals surface area contributed by atoms with Crippen molar-refractivity contribution in [2.24, 2.45) is 7.05 Å². The summed E-state index contributed by atoms with van der Waals surface area (Å²) in [5.74, 6) is 0.962. The van der Waals surface area contributed by atoms with E-state index in [1.165, 1.54) is 0 Å². The van der Waals surface area contributed by atoms with Crippen LogP contribution in [-0.4, -0.2) is 49.4 Å². The number of carbonyl (C=O) groups excluding carboxylic acids is 1. The lowest BCUT2D eigenvalue weighted by Gasteiger charge is -2.32. The predicted octanol–water partition coefficient (Wildman–Crippen LogP) is 1.83. The van der Waals surface area contributed by atoms with Gasteiger partial charge >= 0.3 is 0 Å². The van der Waals surface area contributed by atoms with E-state index in [4.69, 9.17) is 4.74 Å². The van der Waals surface area contributed by atoms with E-state index in [-0.39, 0.29) is 12.0 Å². The summed E-state index contributed by atoms with van der Waals surface area (Å²) < 4.78 is 9.84. The fraction of sp³-hybridized carbons (Fsp3) is 0.421. The first-order chi connectivity index (χ1) is 12.5. The molecule has 0 N–H and O–H groups in total. The summed E-state index contributed by atoms with van der Waals surface area (Å²) in [4.78, 5) is 23.9. The minimum Gasteiger partial charge on any atom is -0.367 e. The zero-order chi connectivity index (χ0) is 18.3. The smallest absolute Gasteiger partial charge is 0.228 e. The average Bonchev–Trinajstić information content (AvgIpc) is 3.14. The van der Waals surface area contributed by atoms with Crippen LogP contribution in [-0.2, 0) is 23.0 Å². The first kappa shape index (κ1) is 16.8. The first-order valence-corrected chi connectivity index (χ1v) is 8.84. The summed E-state index contributed by atoms with van der Waals surface area (Å²) in [5.41, 5.74) is 3.67. The van der Waals surface area contributed by atoms with Crippen molar-refractivity contribution in [3.63, 3.8) is 0 Å². The number of nitrogens with zero attached hydrogens (tertiary/aromatic N) is 5. The Morgan fingerprint density at radius 1 is 1.31 bits per heavy atom. The third kappa shape index (κ3) is 2.99. The average molecular weight is 353 g/mol. The summed E-state index contributed by atoms with van der Waals surface area (Å²) in [5, 5.41) is 0. The maximum Gasteiger partial charge on any atom is 0.228 e. The summed E-state index contributed by atoms with van der Waals surface area (Å²) in [6, 6.07) is 5.86. The van der Waals surface area contributed by atoms with Crippen LogP contribution in [0.4, 0.5) is 0 Å². The predicted molar refractivity (Wildman–Crippen MR) is 96.9 cm³/mol. The van der Waals surface area contributed by atoms with Crippen LogP contribution in [0.2, 0.25) is 0 Å². The molecule has 1 aliphatic heterocycles. The Hall–Kier alpha value is -2.67. The van der Waals surface area contributed by atoms with Gasteiger partial charge in [-0.3, -0.25) is 4.79 Å². The van der Waals surface area contributed by atoms with Gasteiger partial charge in [0.1, 0.15) is 17.6 Å². The number of rotatable bonds is 3. The van der Waals surface area contributed by atoms with E-state index in [0.717, 1.165) is 28.6 Å². The normalized spacial score (nSPS) is 17.8. The zero-order valence-electron chi connectivity index (χ0n) is 15.3. The highest BCUT2D eigenvalue weighted by Crippen LogP contribution is 2.22. The molecule has 3 aromatic heterocycles. The van der Waals surface area contributed by atoms with Crippen LogP contribution >= 0.6 is 0 Å². The van der Waals surface area contributed by atoms with Gasteiger partial charge in [0.15, 0.2) is 0 Å². The SMILES string of the molecule is Cc1cn(C)c([C@@H]2CN(C(=O)Cc3c(C)nc4ccccn34)CCO2)n1. The molecule has 0 aromatic carbocycles. The van der Waals surface area contributed by atoms with Gasteiger partial charge in [-0.2, -0.15) is 0 Å². The maximum atomic E-state index is 12.9. The Morgan fingerprint density at radius 3 is 2.92 bits per heavy atom. The number of carbonyl (C=O) groups is 1. The van der Waals surface area contributed by atoms with Gasteiger partial charge in [-0.15, -0.1) is 0 Å². The van der Waals surface area contributed by atoms with E-state index in [1.54, 1.807) is 0 Å². The second-order valence-electron chi connectivity index (χ2n) is 6.80. The molecule has 0 spiro atoms. The standard InChI is InChI=1S/C19H23N5O2/c1-13-11-22(3)19(20-13)16-12-23(8-9-26-16)18(25)10-15-14(2)21-17-6-4-5-7-24(15)17/h4-7,11,16H,8-10,12H2,1-3H3/t16-/m0/s1. The molecule has 1 fully saturated rings. The molecule has 0 bridgehead atoms. The van der Waals surface area contributed by atoms with E-state index < -0.39 is 0 Å². The van der Waals surface area contributed by atoms with Gasteiger partial charge in [-0.05, 0) is 26.0 Å². The minimum absolute atomic E-state index is 0.0954. The summed E-state index contributed by atoms with van der Waals surface area (Å²) in [7, 11) is 1.96. The monoisotopic (exact) mass is 353 g/mol. The molecule has 0 radical (unpaired) electrons. The Balaban J connectivity index is 1.52. The molecule has 7 heteroatoms. The Bertz CT molecular complexity index is 958. The second kappa shape index (κ2) is 6.57. The zero-order valence-corrected chi connectivity index (χ0v) is 15.3. The van der Waals surface area contributed by atoms with Gasteiger partial charge < -0.3 is 18.6 Å². The van der Waals surface area contributed by atoms with Crippen molar-refractivity contribution in [3.05, 3.63) is 53.5 Å². The van der Waals surface area contributed by atoms with Crippen LogP contribution in [0, 0.1) is 13.8 Å². The molecule has 4 heterocycles. The summed E-state index contributed by atoms with van der Waals surface area (Å²) in [6.45, 7) is 5.57. The second-order valence-corrected chi connectivity index (χ2v) is 6.80. The first-order valence-electron chi connectivity index (χ1n) is 8.84. The Morgan fingerprint density at radius 2 is 2.15 bits per heavy atom. The number of morpholine rings is 1. The molecule has 1 amide bonds. The molecule has 1 saturated heterocycles. The fourth-order valence-electron chi connectivity index (χ4n) is 3.60. The van der Waals surface area contributed by atoms with Crippen molar-refractivity contribution < 1.29 is 9.53 Å². The van der Waals surface area contributed by atoms with Crippen molar-refractivity contribution in [2.45, 2.75) is 26.4 Å². The van der Waals surface area contributed by atoms with Gasteiger partial charge in [0.25, 0.3) is 0 Å². The fourth-order valence-corrected chi connectivity index (χ4v) is 3.60. The largest absolute Gasteiger partial charge is 0.367 e. The lowest BCUT2D eigenvalue weighted by atomic mass is 10.2. The topological polar surface area (TPSA) is 64.7 Å². The van der Waals surface area contributed by atoms with Crippen LogP contribution in [0.15, 0.2) is 30.6 Å². The third-order valence-electron chi connectivity index (χ3n) is 4.89. The molecule has 4 rings (SSSR count). The van der Waals surface area contributed by atoms with Crippen LogP contribution < -0.4 is 0 Å². The van der Waals surface area contributed by atoms with E-state index >= 15 is 0 Å². The number of pyridine rings is 1. The molecule has 0 aliphatic carbocycles. The number of fused-ring (bicyclic) bond motifs is 1. The van der Waals surface area contributed by atoms with E-state index in [2.05, 4.69) is 9.97 Å².